The minimum Gasteiger partial charge on any atom is -0.393 e. The number of rotatable bonds is 17. The highest BCUT2D eigenvalue weighted by molar-refractivity contribution is 5.59. The average molecular weight is 410 g/mol. The van der Waals surface area contributed by atoms with Gasteiger partial charge >= 0.3 is 0 Å². The fourth-order valence-corrected chi connectivity index (χ4v) is 3.96. The Balaban J connectivity index is 1.47. The summed E-state index contributed by atoms with van der Waals surface area (Å²) in [6.07, 6.45) is 17.5. The van der Waals surface area contributed by atoms with Gasteiger partial charge in [-0.1, -0.05) is 108 Å². The van der Waals surface area contributed by atoms with Crippen LogP contribution < -0.4 is 5.32 Å². The van der Waals surface area contributed by atoms with E-state index in [-0.39, 0.29) is 6.10 Å². The minimum atomic E-state index is -0.161. The molecule has 0 radical (unpaired) electrons. The van der Waals surface area contributed by atoms with Crippen molar-refractivity contribution in [1.29, 1.82) is 0 Å². The maximum Gasteiger partial charge on any atom is 0.0543 e. The molecule has 1 atom stereocenters. The second-order valence-corrected chi connectivity index (χ2v) is 8.70. The van der Waals surface area contributed by atoms with Gasteiger partial charge in [-0.25, -0.2) is 0 Å². The van der Waals surface area contributed by atoms with Crippen molar-refractivity contribution in [3.05, 3.63) is 60.2 Å². The first-order valence-electron chi connectivity index (χ1n) is 12.4. The molecule has 0 spiro atoms. The second-order valence-electron chi connectivity index (χ2n) is 8.70. The van der Waals surface area contributed by atoms with Crippen molar-refractivity contribution in [3.63, 3.8) is 0 Å². The molecule has 166 valence electrons. The molecule has 30 heavy (non-hydrogen) atoms. The van der Waals surface area contributed by atoms with E-state index in [1.807, 2.05) is 18.2 Å². The molecule has 0 heterocycles. The third-order valence-corrected chi connectivity index (χ3v) is 5.92. The average Bonchev–Trinajstić information content (AvgIpc) is 2.78. The molecule has 0 bridgehead atoms. The number of benzene rings is 2. The molecule has 0 aliphatic rings. The van der Waals surface area contributed by atoms with E-state index in [9.17, 15) is 5.11 Å². The number of aliphatic hydroxyl groups is 1. The van der Waals surface area contributed by atoms with Crippen molar-refractivity contribution >= 4 is 11.4 Å². The molecule has 2 heteroatoms. The molecule has 2 aromatic carbocycles. The zero-order chi connectivity index (χ0) is 21.3. The van der Waals surface area contributed by atoms with Crippen LogP contribution in [0.3, 0.4) is 0 Å². The van der Waals surface area contributed by atoms with Crippen molar-refractivity contribution in [2.45, 2.75) is 103 Å². The first-order valence-corrected chi connectivity index (χ1v) is 12.4. The zero-order valence-corrected chi connectivity index (χ0v) is 19.1. The van der Waals surface area contributed by atoms with Crippen LogP contribution in [-0.2, 0) is 6.42 Å². The van der Waals surface area contributed by atoms with E-state index in [2.05, 4.69) is 48.6 Å². The van der Waals surface area contributed by atoms with E-state index < -0.39 is 0 Å². The fourth-order valence-electron chi connectivity index (χ4n) is 3.96. The first-order chi connectivity index (χ1) is 14.8. The van der Waals surface area contributed by atoms with Gasteiger partial charge in [-0.15, -0.1) is 0 Å². The highest BCUT2D eigenvalue weighted by atomic mass is 16.3. The Morgan fingerprint density at radius 3 is 1.77 bits per heavy atom. The third kappa shape index (κ3) is 11.4. The molecule has 2 nitrogen and oxygen atoms in total. The van der Waals surface area contributed by atoms with Crippen LogP contribution >= 0.6 is 0 Å². The third-order valence-electron chi connectivity index (χ3n) is 5.92. The van der Waals surface area contributed by atoms with Gasteiger partial charge in [0, 0.05) is 11.4 Å². The largest absolute Gasteiger partial charge is 0.393 e. The number of anilines is 2. The molecule has 0 aliphatic heterocycles. The van der Waals surface area contributed by atoms with E-state index >= 15 is 0 Å². The Hall–Kier alpha value is -1.80. The van der Waals surface area contributed by atoms with E-state index in [0.717, 1.165) is 37.1 Å². The van der Waals surface area contributed by atoms with Gasteiger partial charge in [-0.2, -0.15) is 0 Å². The lowest BCUT2D eigenvalue weighted by Crippen LogP contribution is -2.07. The van der Waals surface area contributed by atoms with Crippen LogP contribution in [-0.4, -0.2) is 11.2 Å². The van der Waals surface area contributed by atoms with Crippen molar-refractivity contribution in [1.82, 2.24) is 0 Å². The number of hydrogen-bond donors (Lipinski definition) is 2. The van der Waals surface area contributed by atoms with E-state index in [1.54, 1.807) is 0 Å². The number of unbranched alkanes of at least 4 members (excludes halogenated alkanes) is 10. The maximum absolute atomic E-state index is 10.3. The van der Waals surface area contributed by atoms with Gasteiger partial charge in [0.25, 0.3) is 0 Å². The highest BCUT2D eigenvalue weighted by Crippen LogP contribution is 2.18. The minimum absolute atomic E-state index is 0.161. The van der Waals surface area contributed by atoms with E-state index in [0.29, 0.717) is 0 Å². The van der Waals surface area contributed by atoms with Crippen LogP contribution in [0.15, 0.2) is 54.6 Å². The lowest BCUT2D eigenvalue weighted by molar-refractivity contribution is 0.151. The lowest BCUT2D eigenvalue weighted by Gasteiger charge is -2.11. The van der Waals surface area contributed by atoms with Crippen LogP contribution in [0.25, 0.3) is 0 Å². The second kappa shape index (κ2) is 16.0. The summed E-state index contributed by atoms with van der Waals surface area (Å²) in [5, 5.41) is 13.7. The van der Waals surface area contributed by atoms with Crippen LogP contribution in [0.4, 0.5) is 11.4 Å². The quantitative estimate of drug-likeness (QED) is 0.257. The summed E-state index contributed by atoms with van der Waals surface area (Å²) in [6.45, 7) is 2.28. The Morgan fingerprint density at radius 2 is 1.17 bits per heavy atom. The van der Waals surface area contributed by atoms with E-state index in [1.165, 1.54) is 69.8 Å². The van der Waals surface area contributed by atoms with Gasteiger partial charge < -0.3 is 10.4 Å². The molecule has 0 aliphatic carbocycles. The van der Waals surface area contributed by atoms with Gasteiger partial charge in [0.15, 0.2) is 0 Å². The normalized spacial score (nSPS) is 12.1. The standard InChI is InChI=1S/C28H43NO/c1-2-3-4-5-6-7-8-9-10-11-15-18-28(30)24-21-25-19-22-27(23-20-25)29-26-16-13-12-14-17-26/h12-14,16-17,19-20,22-23,28-30H,2-11,15,18,21,24H2,1H3. The SMILES string of the molecule is CCCCCCCCCCCCCC(O)CCc1ccc(Nc2ccccc2)cc1. The Morgan fingerprint density at radius 1 is 0.633 bits per heavy atom. The molecule has 2 rings (SSSR count). The summed E-state index contributed by atoms with van der Waals surface area (Å²) in [5.74, 6) is 0. The summed E-state index contributed by atoms with van der Waals surface area (Å²) < 4.78 is 0. The summed E-state index contributed by atoms with van der Waals surface area (Å²) >= 11 is 0. The molecule has 0 saturated heterocycles. The highest BCUT2D eigenvalue weighted by Gasteiger charge is 2.05. The summed E-state index contributed by atoms with van der Waals surface area (Å²) in [4.78, 5) is 0. The van der Waals surface area contributed by atoms with Gasteiger partial charge in [-0.05, 0) is 49.1 Å². The van der Waals surface area contributed by atoms with Crippen molar-refractivity contribution < 1.29 is 5.11 Å². The van der Waals surface area contributed by atoms with Gasteiger partial charge in [0.1, 0.15) is 0 Å². The number of para-hydroxylation sites is 1. The van der Waals surface area contributed by atoms with Crippen molar-refractivity contribution in [2.75, 3.05) is 5.32 Å². The van der Waals surface area contributed by atoms with Gasteiger partial charge in [0.2, 0.25) is 0 Å². The molecule has 0 saturated carbocycles. The van der Waals surface area contributed by atoms with Crippen molar-refractivity contribution in [2.24, 2.45) is 0 Å². The predicted octanol–water partition coefficient (Wildman–Crippen LogP) is 8.42. The van der Waals surface area contributed by atoms with Gasteiger partial charge in [-0.3, -0.25) is 0 Å². The Labute approximate surface area is 185 Å². The molecule has 2 aromatic rings. The molecule has 1 unspecified atom stereocenters. The molecule has 2 N–H and O–H groups in total. The van der Waals surface area contributed by atoms with Crippen LogP contribution in [0.5, 0.6) is 0 Å². The van der Waals surface area contributed by atoms with Crippen LogP contribution in [0.2, 0.25) is 0 Å². The van der Waals surface area contributed by atoms with Crippen LogP contribution in [0, 0.1) is 0 Å². The molecular weight excluding hydrogens is 366 g/mol. The topological polar surface area (TPSA) is 32.3 Å². The number of nitrogens with one attached hydrogen (secondary N) is 1. The number of aryl methyl sites for hydroxylation is 1. The zero-order valence-electron chi connectivity index (χ0n) is 19.1. The van der Waals surface area contributed by atoms with E-state index in [4.69, 9.17) is 0 Å². The Bertz CT molecular complexity index is 637. The maximum atomic E-state index is 10.3. The van der Waals surface area contributed by atoms with Crippen molar-refractivity contribution in [3.8, 4) is 0 Å². The van der Waals surface area contributed by atoms with Crippen LogP contribution in [0.1, 0.15) is 96.0 Å². The Kier molecular flexibility index (Phi) is 13.0. The fraction of sp³-hybridized carbons (Fsp3) is 0.571. The molecular formula is C28H43NO. The summed E-state index contributed by atoms with van der Waals surface area (Å²) in [7, 11) is 0. The first kappa shape index (κ1) is 24.5. The summed E-state index contributed by atoms with van der Waals surface area (Å²) in [5.41, 5.74) is 3.51. The van der Waals surface area contributed by atoms with Gasteiger partial charge in [0.05, 0.1) is 6.10 Å². The smallest absolute Gasteiger partial charge is 0.0543 e. The molecule has 0 fully saturated rings. The molecule has 0 aromatic heterocycles. The predicted molar refractivity (Wildman–Crippen MR) is 132 cm³/mol. The summed E-state index contributed by atoms with van der Waals surface area (Å²) in [6, 6.07) is 18.8. The molecule has 0 amide bonds. The lowest BCUT2D eigenvalue weighted by atomic mass is 10.0. The number of aliphatic hydroxyl groups excluding tert-OH is 1. The number of hydrogen-bond acceptors (Lipinski definition) is 2. The monoisotopic (exact) mass is 409 g/mol.